The molecule has 2 atom stereocenters. The Bertz CT molecular complexity index is 1400. The predicted octanol–water partition coefficient (Wildman–Crippen LogP) is 6.25. The Hall–Kier alpha value is -4.03. The van der Waals surface area contributed by atoms with Gasteiger partial charge in [0, 0.05) is 17.8 Å². The molecule has 0 saturated carbocycles. The van der Waals surface area contributed by atoms with Crippen LogP contribution in [-0.2, 0) is 4.79 Å². The number of aryl methyl sites for hydroxylation is 1. The Morgan fingerprint density at radius 2 is 1.86 bits per heavy atom. The van der Waals surface area contributed by atoms with Crippen LogP contribution in [0.1, 0.15) is 30.5 Å². The maximum absolute atomic E-state index is 11.0. The third-order valence-electron chi connectivity index (χ3n) is 6.88. The molecule has 0 aliphatic carbocycles. The third-order valence-corrected chi connectivity index (χ3v) is 6.88. The zero-order valence-electron chi connectivity index (χ0n) is 21.2. The second-order valence-corrected chi connectivity index (χ2v) is 9.48. The van der Waals surface area contributed by atoms with Gasteiger partial charge in [0.2, 0.25) is 0 Å². The van der Waals surface area contributed by atoms with E-state index in [1.165, 1.54) is 16.3 Å². The Morgan fingerprint density at radius 1 is 1.08 bits per heavy atom. The van der Waals surface area contributed by atoms with Crippen LogP contribution < -0.4 is 19.7 Å². The Labute approximate surface area is 217 Å². The second kappa shape index (κ2) is 10.9. The molecule has 4 aromatic carbocycles. The van der Waals surface area contributed by atoms with Gasteiger partial charge >= 0.3 is 5.97 Å². The minimum absolute atomic E-state index is 0.00758. The number of para-hydroxylation sites is 2. The van der Waals surface area contributed by atoms with E-state index in [0.717, 1.165) is 35.7 Å². The van der Waals surface area contributed by atoms with E-state index < -0.39 is 5.97 Å². The molecule has 5 rings (SSSR count). The molecule has 4 aromatic rings. The van der Waals surface area contributed by atoms with Crippen LogP contribution in [0.5, 0.6) is 11.5 Å². The fraction of sp³-hybridized carbons (Fsp3) is 0.258. The highest BCUT2D eigenvalue weighted by atomic mass is 16.5. The lowest BCUT2D eigenvalue weighted by atomic mass is 9.99. The first kappa shape index (κ1) is 24.7. The Morgan fingerprint density at radius 3 is 2.73 bits per heavy atom. The number of rotatable bonds is 9. The molecule has 37 heavy (non-hydrogen) atoms. The van der Waals surface area contributed by atoms with Crippen LogP contribution in [0.2, 0.25) is 0 Å². The van der Waals surface area contributed by atoms with Crippen molar-refractivity contribution >= 4 is 28.1 Å². The van der Waals surface area contributed by atoms with Gasteiger partial charge in [0.25, 0.3) is 0 Å². The quantitative estimate of drug-likeness (QED) is 0.285. The number of fused-ring (bicyclic) bond motifs is 2. The van der Waals surface area contributed by atoms with Gasteiger partial charge in [0.15, 0.2) is 6.61 Å². The average Bonchev–Trinajstić information content (AvgIpc) is 2.91. The lowest BCUT2D eigenvalue weighted by Gasteiger charge is -2.36. The lowest BCUT2D eigenvalue weighted by molar-refractivity contribution is -0.139. The highest BCUT2D eigenvalue weighted by Gasteiger charge is 2.27. The smallest absolute Gasteiger partial charge is 0.341 e. The van der Waals surface area contributed by atoms with E-state index in [4.69, 9.17) is 14.6 Å². The van der Waals surface area contributed by atoms with Gasteiger partial charge < -0.3 is 24.8 Å². The first-order valence-corrected chi connectivity index (χ1v) is 12.7. The number of nitrogens with one attached hydrogen (secondary N) is 1. The molecule has 0 spiro atoms. The highest BCUT2D eigenvalue weighted by Crippen LogP contribution is 2.40. The molecule has 0 fully saturated rings. The standard InChI is InChI=1S/C31H32N2O4/c1-21-14-15-24(18-30(21)36-20-31(34)35)33-19-25(37-29-13-6-5-12-28(29)33)16-17-32-22(2)26-11-7-9-23-8-3-4-10-27(23)26/h3-15,18,22,25,32H,16-17,19-20H2,1-2H3,(H,34,35)/t22-,25?/m1/s1. The van der Waals surface area contributed by atoms with Crippen LogP contribution >= 0.6 is 0 Å². The van der Waals surface area contributed by atoms with Crippen LogP contribution in [0.25, 0.3) is 10.8 Å². The summed E-state index contributed by atoms with van der Waals surface area (Å²) in [7, 11) is 0. The molecule has 0 bridgehead atoms. The zero-order valence-corrected chi connectivity index (χ0v) is 21.2. The highest BCUT2D eigenvalue weighted by molar-refractivity contribution is 5.86. The van der Waals surface area contributed by atoms with Crippen molar-refractivity contribution in [2.24, 2.45) is 0 Å². The van der Waals surface area contributed by atoms with E-state index >= 15 is 0 Å². The SMILES string of the molecule is Cc1ccc(N2CC(CCN[C@H](C)c3cccc4ccccc34)Oc3ccccc32)cc1OCC(=O)O. The molecule has 1 heterocycles. The van der Waals surface area contributed by atoms with E-state index in [1.54, 1.807) is 0 Å². The van der Waals surface area contributed by atoms with Crippen molar-refractivity contribution in [3.05, 3.63) is 96.1 Å². The lowest BCUT2D eigenvalue weighted by Crippen LogP contribution is -2.39. The minimum atomic E-state index is -0.994. The summed E-state index contributed by atoms with van der Waals surface area (Å²) in [5.74, 6) is 0.423. The second-order valence-electron chi connectivity index (χ2n) is 9.48. The minimum Gasteiger partial charge on any atom is -0.486 e. The number of ether oxygens (including phenoxy) is 2. The van der Waals surface area contributed by atoms with Gasteiger partial charge in [-0.25, -0.2) is 4.79 Å². The molecular formula is C31H32N2O4. The van der Waals surface area contributed by atoms with E-state index in [1.807, 2.05) is 49.4 Å². The monoisotopic (exact) mass is 496 g/mol. The molecule has 0 amide bonds. The molecule has 6 heteroatoms. The van der Waals surface area contributed by atoms with Crippen molar-refractivity contribution in [3.8, 4) is 11.5 Å². The van der Waals surface area contributed by atoms with Crippen molar-refractivity contribution in [2.45, 2.75) is 32.4 Å². The average molecular weight is 497 g/mol. The van der Waals surface area contributed by atoms with Crippen molar-refractivity contribution in [2.75, 3.05) is 24.6 Å². The summed E-state index contributed by atoms with van der Waals surface area (Å²) in [5, 5.41) is 15.3. The van der Waals surface area contributed by atoms with Crippen LogP contribution in [0, 0.1) is 6.92 Å². The summed E-state index contributed by atoms with van der Waals surface area (Å²) in [4.78, 5) is 13.2. The van der Waals surface area contributed by atoms with Gasteiger partial charge in [0.05, 0.1) is 12.2 Å². The van der Waals surface area contributed by atoms with Crippen molar-refractivity contribution in [1.29, 1.82) is 0 Å². The van der Waals surface area contributed by atoms with Crippen molar-refractivity contribution in [3.63, 3.8) is 0 Å². The van der Waals surface area contributed by atoms with Gasteiger partial charge in [-0.2, -0.15) is 0 Å². The molecule has 190 valence electrons. The summed E-state index contributed by atoms with van der Waals surface area (Å²) in [6.45, 7) is 5.25. The predicted molar refractivity (Wildman–Crippen MR) is 147 cm³/mol. The number of carboxylic acids is 1. The molecule has 1 unspecified atom stereocenters. The fourth-order valence-electron chi connectivity index (χ4n) is 4.94. The van der Waals surface area contributed by atoms with Crippen LogP contribution in [-0.4, -0.2) is 36.9 Å². The molecule has 1 aliphatic rings. The van der Waals surface area contributed by atoms with Gasteiger partial charge in [-0.1, -0.05) is 60.7 Å². The summed E-state index contributed by atoms with van der Waals surface area (Å²) >= 11 is 0. The molecule has 0 aromatic heterocycles. The fourth-order valence-corrected chi connectivity index (χ4v) is 4.94. The number of hydrogen-bond donors (Lipinski definition) is 2. The third kappa shape index (κ3) is 5.54. The maximum atomic E-state index is 11.0. The molecule has 6 nitrogen and oxygen atoms in total. The number of benzene rings is 4. The largest absolute Gasteiger partial charge is 0.486 e. The summed E-state index contributed by atoms with van der Waals surface area (Å²) < 4.78 is 11.9. The van der Waals surface area contributed by atoms with Crippen LogP contribution in [0.15, 0.2) is 84.9 Å². The van der Waals surface area contributed by atoms with Crippen molar-refractivity contribution < 1.29 is 19.4 Å². The topological polar surface area (TPSA) is 71.0 Å². The summed E-state index contributed by atoms with van der Waals surface area (Å²) in [5.41, 5.74) is 4.13. The van der Waals surface area contributed by atoms with Crippen LogP contribution in [0.4, 0.5) is 11.4 Å². The number of hydrogen-bond acceptors (Lipinski definition) is 5. The summed E-state index contributed by atoms with van der Waals surface area (Å²) in [6.07, 6.45) is 0.834. The molecule has 0 saturated heterocycles. The number of carbonyl (C=O) groups is 1. The molecule has 2 N–H and O–H groups in total. The van der Waals surface area contributed by atoms with E-state index in [9.17, 15) is 4.79 Å². The van der Waals surface area contributed by atoms with Crippen molar-refractivity contribution in [1.82, 2.24) is 5.32 Å². The first-order chi connectivity index (χ1) is 18.0. The Balaban J connectivity index is 1.30. The number of nitrogens with zero attached hydrogens (tertiary/aromatic N) is 1. The number of aliphatic carboxylic acids is 1. The molecular weight excluding hydrogens is 464 g/mol. The first-order valence-electron chi connectivity index (χ1n) is 12.7. The van der Waals surface area contributed by atoms with E-state index in [0.29, 0.717) is 12.3 Å². The normalized spacial score (nSPS) is 15.6. The number of carboxylic acid groups (broad SMARTS) is 1. The maximum Gasteiger partial charge on any atom is 0.341 e. The number of anilines is 2. The molecule has 0 radical (unpaired) electrons. The van der Waals surface area contributed by atoms with Crippen LogP contribution in [0.3, 0.4) is 0 Å². The zero-order chi connectivity index (χ0) is 25.8. The molecule has 1 aliphatic heterocycles. The van der Waals surface area contributed by atoms with E-state index in [2.05, 4.69) is 59.6 Å². The van der Waals surface area contributed by atoms with Gasteiger partial charge in [-0.15, -0.1) is 0 Å². The van der Waals surface area contributed by atoms with Gasteiger partial charge in [-0.3, -0.25) is 0 Å². The van der Waals surface area contributed by atoms with E-state index in [-0.39, 0.29) is 18.8 Å². The van der Waals surface area contributed by atoms with Gasteiger partial charge in [0.1, 0.15) is 17.6 Å². The Kier molecular flexibility index (Phi) is 7.28. The van der Waals surface area contributed by atoms with Gasteiger partial charge in [-0.05, 0) is 66.9 Å². The summed E-state index contributed by atoms with van der Waals surface area (Å²) in [6, 6.07) is 29.1.